The second-order valence-corrected chi connectivity index (χ2v) is 7.49. The number of hydrogen-bond acceptors (Lipinski definition) is 5. The molecule has 2 N–H and O–H groups in total. The van der Waals surface area contributed by atoms with Crippen LogP contribution in [-0.2, 0) is 17.9 Å². The van der Waals surface area contributed by atoms with Crippen molar-refractivity contribution in [2.24, 2.45) is 5.73 Å². The van der Waals surface area contributed by atoms with Gasteiger partial charge in [-0.15, -0.1) is 0 Å². The quantitative estimate of drug-likeness (QED) is 0.437. The van der Waals surface area contributed by atoms with E-state index in [1.54, 1.807) is 72.8 Å². The van der Waals surface area contributed by atoms with E-state index in [1.807, 2.05) is 0 Å². The van der Waals surface area contributed by atoms with Crippen molar-refractivity contribution in [1.29, 1.82) is 0 Å². The van der Waals surface area contributed by atoms with Crippen LogP contribution in [0.15, 0.2) is 77.6 Å². The van der Waals surface area contributed by atoms with E-state index in [9.17, 15) is 14.4 Å². The van der Waals surface area contributed by atoms with Crippen LogP contribution in [0.4, 0.5) is 0 Å². The Bertz CT molecular complexity index is 1360. The molecule has 3 aromatic carbocycles. The number of ketones is 1. The fourth-order valence-electron chi connectivity index (χ4n) is 3.26. The molecule has 1 aromatic heterocycles. The molecule has 4 aromatic rings. The Labute approximate surface area is 188 Å². The zero-order valence-electron chi connectivity index (χ0n) is 16.8. The molecule has 7 nitrogen and oxygen atoms in total. The second kappa shape index (κ2) is 9.03. The van der Waals surface area contributed by atoms with Crippen LogP contribution >= 0.6 is 11.6 Å². The number of para-hydroxylation sites is 1. The van der Waals surface area contributed by atoms with E-state index in [1.165, 1.54) is 4.57 Å². The zero-order chi connectivity index (χ0) is 22.7. The second-order valence-electron chi connectivity index (χ2n) is 7.05. The number of rotatable bonds is 7. The molecule has 160 valence electrons. The lowest BCUT2D eigenvalue weighted by Gasteiger charge is -2.13. The molecule has 0 fully saturated rings. The highest BCUT2D eigenvalue weighted by atomic mass is 35.5. The van der Waals surface area contributed by atoms with Crippen LogP contribution in [0.1, 0.15) is 21.7 Å². The third kappa shape index (κ3) is 4.53. The number of aromatic nitrogens is 2. The molecule has 0 aliphatic carbocycles. The van der Waals surface area contributed by atoms with Gasteiger partial charge in [-0.2, -0.15) is 0 Å². The summed E-state index contributed by atoms with van der Waals surface area (Å²) in [6.45, 7) is -0.359. The lowest BCUT2D eigenvalue weighted by molar-refractivity contribution is -0.118. The molecule has 1 amide bonds. The van der Waals surface area contributed by atoms with E-state index in [0.717, 1.165) is 0 Å². The smallest absolute Gasteiger partial charge is 0.261 e. The third-order valence-corrected chi connectivity index (χ3v) is 5.10. The van der Waals surface area contributed by atoms with E-state index < -0.39 is 5.91 Å². The summed E-state index contributed by atoms with van der Waals surface area (Å²) in [7, 11) is 0. The Kier molecular flexibility index (Phi) is 6.00. The molecule has 8 heteroatoms. The maximum absolute atomic E-state index is 12.8. The van der Waals surface area contributed by atoms with Crippen LogP contribution < -0.4 is 16.0 Å². The first kappa shape index (κ1) is 21.3. The molecule has 0 saturated heterocycles. The number of hydrogen-bond donors (Lipinski definition) is 1. The summed E-state index contributed by atoms with van der Waals surface area (Å²) in [4.78, 5) is 41.3. The van der Waals surface area contributed by atoms with Crippen LogP contribution in [0.3, 0.4) is 0 Å². The summed E-state index contributed by atoms with van der Waals surface area (Å²) in [5, 5.41) is 0.949. The predicted octanol–water partition coefficient (Wildman–Crippen LogP) is 3.35. The van der Waals surface area contributed by atoms with Crippen LogP contribution in [-0.4, -0.2) is 21.2 Å². The van der Waals surface area contributed by atoms with E-state index in [0.29, 0.717) is 32.8 Å². The van der Waals surface area contributed by atoms with Gasteiger partial charge < -0.3 is 10.5 Å². The summed E-state index contributed by atoms with van der Waals surface area (Å²) in [6.07, 6.45) is 0. The fraction of sp³-hybridized carbons (Fsp3) is 0.0833. The van der Waals surface area contributed by atoms with Gasteiger partial charge in [0.1, 0.15) is 18.9 Å². The van der Waals surface area contributed by atoms with Crippen molar-refractivity contribution < 1.29 is 14.3 Å². The average Bonchev–Trinajstić information content (AvgIpc) is 2.80. The first-order valence-corrected chi connectivity index (χ1v) is 10.1. The van der Waals surface area contributed by atoms with Crippen molar-refractivity contribution in [2.45, 2.75) is 13.2 Å². The van der Waals surface area contributed by atoms with E-state index in [4.69, 9.17) is 22.1 Å². The molecule has 0 bridgehead atoms. The van der Waals surface area contributed by atoms with E-state index in [-0.39, 0.29) is 30.3 Å². The monoisotopic (exact) mass is 447 g/mol. The SMILES string of the molecule is NC(=O)Cn1c(COc2ccc(C(=O)c3ccc(Cl)cc3)cc2)nc2ccccc2c1=O. The third-order valence-electron chi connectivity index (χ3n) is 4.85. The van der Waals surface area contributed by atoms with Gasteiger partial charge in [-0.05, 0) is 60.7 Å². The minimum Gasteiger partial charge on any atom is -0.486 e. The molecular weight excluding hydrogens is 430 g/mol. The molecule has 0 aliphatic rings. The van der Waals surface area contributed by atoms with Gasteiger partial charge in [-0.1, -0.05) is 23.7 Å². The highest BCUT2D eigenvalue weighted by Crippen LogP contribution is 2.18. The molecule has 4 rings (SSSR count). The molecule has 0 radical (unpaired) electrons. The van der Waals surface area contributed by atoms with E-state index >= 15 is 0 Å². The Morgan fingerprint density at radius 2 is 1.56 bits per heavy atom. The Balaban J connectivity index is 1.55. The molecule has 0 saturated carbocycles. The van der Waals surface area contributed by atoms with Gasteiger partial charge in [0.15, 0.2) is 11.6 Å². The molecule has 0 unspecified atom stereocenters. The highest BCUT2D eigenvalue weighted by Gasteiger charge is 2.14. The van der Waals surface area contributed by atoms with Crippen LogP contribution in [0.25, 0.3) is 10.9 Å². The van der Waals surface area contributed by atoms with Gasteiger partial charge >= 0.3 is 0 Å². The topological polar surface area (TPSA) is 104 Å². The van der Waals surface area contributed by atoms with Crippen LogP contribution in [0.5, 0.6) is 5.75 Å². The van der Waals surface area contributed by atoms with Crippen molar-refractivity contribution in [3.8, 4) is 5.75 Å². The Morgan fingerprint density at radius 1 is 0.938 bits per heavy atom. The standard InChI is InChI=1S/C24H18ClN3O4/c25-17-9-5-15(6-10-17)23(30)16-7-11-18(12-8-16)32-14-22-27-20-4-2-1-3-19(20)24(31)28(22)13-21(26)29/h1-12H,13-14H2,(H2,26,29). The maximum Gasteiger partial charge on any atom is 0.261 e. The largest absolute Gasteiger partial charge is 0.486 e. The van der Waals surface area contributed by atoms with Crippen molar-refractivity contribution in [1.82, 2.24) is 9.55 Å². The number of carbonyl (C=O) groups is 2. The Morgan fingerprint density at radius 3 is 2.22 bits per heavy atom. The normalized spacial score (nSPS) is 10.8. The number of amides is 1. The Hall–Kier alpha value is -3.97. The average molecular weight is 448 g/mol. The molecular formula is C24H18ClN3O4. The lowest BCUT2D eigenvalue weighted by atomic mass is 10.0. The number of carbonyl (C=O) groups excluding carboxylic acids is 2. The van der Waals surface area contributed by atoms with Gasteiger partial charge in [0.2, 0.25) is 5.91 Å². The summed E-state index contributed by atoms with van der Waals surface area (Å²) in [6, 6.07) is 20.1. The fourth-order valence-corrected chi connectivity index (χ4v) is 3.39. The maximum atomic E-state index is 12.8. The number of halogens is 1. The van der Waals surface area contributed by atoms with Gasteiger partial charge in [-0.3, -0.25) is 19.0 Å². The van der Waals surface area contributed by atoms with Gasteiger partial charge in [0.25, 0.3) is 5.56 Å². The number of ether oxygens (including phenoxy) is 1. The number of benzene rings is 3. The van der Waals surface area contributed by atoms with Gasteiger partial charge in [0, 0.05) is 16.1 Å². The van der Waals surface area contributed by atoms with Crippen LogP contribution in [0, 0.1) is 0 Å². The highest BCUT2D eigenvalue weighted by molar-refractivity contribution is 6.30. The van der Waals surface area contributed by atoms with Crippen molar-refractivity contribution >= 4 is 34.2 Å². The van der Waals surface area contributed by atoms with Crippen molar-refractivity contribution in [3.63, 3.8) is 0 Å². The number of fused-ring (bicyclic) bond motifs is 1. The minimum absolute atomic E-state index is 0.0577. The molecule has 0 atom stereocenters. The number of nitrogens with two attached hydrogens (primary N) is 1. The predicted molar refractivity (Wildman–Crippen MR) is 121 cm³/mol. The lowest BCUT2D eigenvalue weighted by Crippen LogP contribution is -2.32. The molecule has 0 aliphatic heterocycles. The molecule has 0 spiro atoms. The van der Waals surface area contributed by atoms with Gasteiger partial charge in [-0.25, -0.2) is 4.98 Å². The molecule has 1 heterocycles. The van der Waals surface area contributed by atoms with Crippen molar-refractivity contribution in [2.75, 3.05) is 0 Å². The first-order valence-electron chi connectivity index (χ1n) is 9.72. The molecule has 32 heavy (non-hydrogen) atoms. The summed E-state index contributed by atoms with van der Waals surface area (Å²) in [5.41, 5.74) is 6.47. The van der Waals surface area contributed by atoms with Gasteiger partial charge in [0.05, 0.1) is 10.9 Å². The van der Waals surface area contributed by atoms with Crippen LogP contribution in [0.2, 0.25) is 5.02 Å². The summed E-state index contributed by atoms with van der Waals surface area (Å²) in [5.74, 6) is -0.0466. The summed E-state index contributed by atoms with van der Waals surface area (Å²) < 4.78 is 6.98. The number of primary amides is 1. The summed E-state index contributed by atoms with van der Waals surface area (Å²) >= 11 is 5.87. The first-order chi connectivity index (χ1) is 15.4. The number of nitrogens with zero attached hydrogens (tertiary/aromatic N) is 2. The van der Waals surface area contributed by atoms with Crippen molar-refractivity contribution in [3.05, 3.63) is 105 Å². The zero-order valence-corrected chi connectivity index (χ0v) is 17.6. The van der Waals surface area contributed by atoms with E-state index in [2.05, 4.69) is 4.98 Å². The minimum atomic E-state index is -0.657.